The van der Waals surface area contributed by atoms with Crippen LogP contribution in [0.15, 0.2) is 24.4 Å². The monoisotopic (exact) mass is 676 g/mol. The average Bonchev–Trinajstić information content (AvgIpc) is 3.51. The molecule has 0 spiro atoms. The molecule has 2 saturated heterocycles. The first-order valence-electron chi connectivity index (χ1n) is 14.5. The lowest BCUT2D eigenvalue weighted by Gasteiger charge is -2.43. The van der Waals surface area contributed by atoms with E-state index in [0.29, 0.717) is 10.6 Å². The van der Waals surface area contributed by atoms with Gasteiger partial charge >= 0.3 is 29.8 Å². The van der Waals surface area contributed by atoms with Crippen LogP contribution < -0.4 is 9.47 Å². The third-order valence-electron chi connectivity index (χ3n) is 6.83. The molecule has 2 fully saturated rings. The lowest BCUT2D eigenvalue weighted by atomic mass is 9.98. The molecule has 2 aliphatic rings. The van der Waals surface area contributed by atoms with Crippen LogP contribution in [0.2, 0.25) is 0 Å². The molecule has 2 aliphatic heterocycles. The smallest absolute Gasteiger partial charge is 0.370 e. The van der Waals surface area contributed by atoms with E-state index in [2.05, 4.69) is 0 Å². The van der Waals surface area contributed by atoms with E-state index in [1.807, 2.05) is 0 Å². The summed E-state index contributed by atoms with van der Waals surface area (Å²) < 4.78 is 40.1. The molecule has 18 heteroatoms. The number of carbonyl (C=O) groups is 8. The number of fused-ring (bicyclic) bond motifs is 1. The van der Waals surface area contributed by atoms with Crippen LogP contribution in [-0.4, -0.2) is 101 Å². The Balaban J connectivity index is 1.68. The molecule has 258 valence electrons. The summed E-state index contributed by atoms with van der Waals surface area (Å²) in [6, 6.07) is 4.30. The van der Waals surface area contributed by atoms with E-state index in [1.54, 1.807) is 0 Å². The third kappa shape index (κ3) is 8.44. The number of benzene rings is 1. The molecule has 2 amide bonds. The van der Waals surface area contributed by atoms with Crippen molar-refractivity contribution in [2.24, 2.45) is 0 Å². The number of carbonyl (C=O) groups excluding carboxylic acids is 8. The zero-order chi connectivity index (χ0) is 35.3. The highest BCUT2D eigenvalue weighted by Crippen LogP contribution is 2.36. The summed E-state index contributed by atoms with van der Waals surface area (Å²) >= 11 is 0. The van der Waals surface area contributed by atoms with E-state index < -0.39 is 91.5 Å². The van der Waals surface area contributed by atoms with Crippen molar-refractivity contribution in [1.29, 1.82) is 0 Å². The van der Waals surface area contributed by atoms with Gasteiger partial charge in [-0.25, -0.2) is 4.79 Å². The van der Waals surface area contributed by atoms with Crippen molar-refractivity contribution in [3.05, 3.63) is 24.4 Å². The average molecular weight is 677 g/mol. The number of amides is 2. The number of hydrogen-bond donors (Lipinski definition) is 0. The molecule has 2 aromatic rings. The van der Waals surface area contributed by atoms with E-state index in [0.717, 1.165) is 27.7 Å². The van der Waals surface area contributed by atoms with Crippen LogP contribution >= 0.6 is 0 Å². The maximum Gasteiger partial charge on any atom is 0.370 e. The minimum absolute atomic E-state index is 0.0395. The van der Waals surface area contributed by atoms with E-state index in [9.17, 15) is 38.4 Å². The first-order chi connectivity index (χ1) is 22.6. The number of ether oxygens (including phenoxy) is 7. The number of nitrogens with zero attached hydrogens (tertiary/aromatic N) is 2. The molecule has 0 aliphatic carbocycles. The maximum atomic E-state index is 12.5. The van der Waals surface area contributed by atoms with E-state index >= 15 is 0 Å². The van der Waals surface area contributed by atoms with Crippen LogP contribution in [0.3, 0.4) is 0 Å². The van der Waals surface area contributed by atoms with Gasteiger partial charge in [-0.05, 0) is 18.2 Å². The Bertz CT molecular complexity index is 1630. The minimum atomic E-state index is -1.60. The summed E-state index contributed by atoms with van der Waals surface area (Å²) in [5, 5.41) is 0.607. The number of hydrogen-bond acceptors (Lipinski definition) is 16. The van der Waals surface area contributed by atoms with Crippen LogP contribution in [0.1, 0.15) is 52.3 Å². The fraction of sp³-hybridized carbons (Fsp3) is 0.467. The fourth-order valence-corrected chi connectivity index (χ4v) is 4.96. The van der Waals surface area contributed by atoms with Gasteiger partial charge in [-0.3, -0.25) is 38.1 Å². The van der Waals surface area contributed by atoms with Gasteiger partial charge in [0.05, 0.1) is 11.7 Å². The molecule has 1 aromatic carbocycles. The Hall–Kier alpha value is -5.52. The van der Waals surface area contributed by atoms with Crippen LogP contribution in [-0.2, 0) is 62.1 Å². The number of aromatic nitrogens is 1. The molecule has 0 N–H and O–H groups in total. The van der Waals surface area contributed by atoms with Crippen molar-refractivity contribution in [3.63, 3.8) is 0 Å². The van der Waals surface area contributed by atoms with E-state index in [-0.39, 0.29) is 29.7 Å². The predicted octanol–water partition coefficient (Wildman–Crippen LogP) is 0.749. The summed E-state index contributed by atoms with van der Waals surface area (Å²) in [5.41, 5.74) is 0.311. The molecular weight excluding hydrogens is 644 g/mol. The summed E-state index contributed by atoms with van der Waals surface area (Å²) in [6.45, 7) is 4.43. The highest BCUT2D eigenvalue weighted by Gasteiger charge is 2.53. The largest absolute Gasteiger partial charge is 0.482 e. The van der Waals surface area contributed by atoms with E-state index in [4.69, 9.17) is 38.0 Å². The first-order valence-corrected chi connectivity index (χ1v) is 14.5. The molecule has 48 heavy (non-hydrogen) atoms. The molecule has 5 atom stereocenters. The Morgan fingerprint density at radius 2 is 1.42 bits per heavy atom. The molecule has 0 bridgehead atoms. The maximum absolute atomic E-state index is 12.5. The van der Waals surface area contributed by atoms with Crippen molar-refractivity contribution in [2.45, 2.75) is 78.2 Å². The predicted molar refractivity (Wildman–Crippen MR) is 153 cm³/mol. The van der Waals surface area contributed by atoms with E-state index in [1.165, 1.54) is 35.9 Å². The molecule has 1 aromatic heterocycles. The van der Waals surface area contributed by atoms with Gasteiger partial charge in [-0.2, -0.15) is 0 Å². The van der Waals surface area contributed by atoms with Crippen LogP contribution in [0.4, 0.5) is 0 Å². The van der Waals surface area contributed by atoms with Crippen LogP contribution in [0.5, 0.6) is 11.5 Å². The molecular formula is C30H32N2O16. The standard InChI is InChI=1S/C30H32N2O16/c1-14(33)31-11-22(20-10-19(6-7-21(20)31)42-13-26(40)48-32-24(38)8-9-25(32)39)46-30-29(45-18(5)37)28(44-17(4)36)27(43-16(3)35)23(47-30)12-41-15(2)34/h6-7,10-11,23,27-30H,8-9,12-13H2,1-5H3/t23-,27+,28+,29-,30-/m1/s1. The Morgan fingerprint density at radius 3 is 2.00 bits per heavy atom. The quantitative estimate of drug-likeness (QED) is 0.182. The van der Waals surface area contributed by atoms with Crippen molar-refractivity contribution in [3.8, 4) is 11.5 Å². The molecule has 3 heterocycles. The lowest BCUT2D eigenvalue weighted by molar-refractivity contribution is -0.288. The zero-order valence-electron chi connectivity index (χ0n) is 26.5. The van der Waals surface area contributed by atoms with Crippen molar-refractivity contribution < 1.29 is 76.4 Å². The van der Waals surface area contributed by atoms with Crippen molar-refractivity contribution in [2.75, 3.05) is 13.2 Å². The van der Waals surface area contributed by atoms with Crippen molar-refractivity contribution >= 4 is 58.5 Å². The lowest BCUT2D eigenvalue weighted by Crippen LogP contribution is -2.63. The SMILES string of the molecule is CC(=O)OC[C@H]1O[C@@H](Oc2cn(C(C)=O)c3ccc(OCC(=O)ON4C(=O)CCC4=O)cc23)[C@H](OC(C)=O)[C@@H](OC(C)=O)[C@H]1OC(C)=O. The summed E-state index contributed by atoms with van der Waals surface area (Å²) in [7, 11) is 0. The third-order valence-corrected chi connectivity index (χ3v) is 6.83. The molecule has 0 radical (unpaired) electrons. The summed E-state index contributed by atoms with van der Waals surface area (Å²) in [5.74, 6) is -5.96. The Labute approximate surface area is 271 Å². The summed E-state index contributed by atoms with van der Waals surface area (Å²) in [6.07, 6.45) is -6.24. The van der Waals surface area contributed by atoms with Crippen LogP contribution in [0, 0.1) is 0 Å². The number of imide groups is 1. The second-order valence-corrected chi connectivity index (χ2v) is 10.6. The zero-order valence-corrected chi connectivity index (χ0v) is 26.5. The highest BCUT2D eigenvalue weighted by atomic mass is 16.7. The molecule has 0 saturated carbocycles. The normalized spacial score (nSPS) is 22.1. The van der Waals surface area contributed by atoms with Gasteiger partial charge in [0.1, 0.15) is 24.2 Å². The van der Waals surface area contributed by atoms with Gasteiger partial charge in [0.15, 0.2) is 18.8 Å². The van der Waals surface area contributed by atoms with Gasteiger partial charge in [0.25, 0.3) is 11.8 Å². The second-order valence-electron chi connectivity index (χ2n) is 10.6. The van der Waals surface area contributed by atoms with Gasteiger partial charge in [-0.15, -0.1) is 5.06 Å². The van der Waals surface area contributed by atoms with Gasteiger partial charge in [0.2, 0.25) is 18.3 Å². The number of hydroxylamine groups is 2. The first kappa shape index (κ1) is 35.3. The Morgan fingerprint density at radius 1 is 0.812 bits per heavy atom. The fourth-order valence-electron chi connectivity index (χ4n) is 4.96. The second kappa shape index (κ2) is 14.9. The highest BCUT2D eigenvalue weighted by molar-refractivity contribution is 6.01. The van der Waals surface area contributed by atoms with Gasteiger partial charge in [-0.1, -0.05) is 0 Å². The number of esters is 4. The van der Waals surface area contributed by atoms with Gasteiger partial charge < -0.3 is 38.0 Å². The summed E-state index contributed by atoms with van der Waals surface area (Å²) in [4.78, 5) is 101. The minimum Gasteiger partial charge on any atom is -0.482 e. The number of rotatable bonds is 11. The topological polar surface area (TPSA) is 219 Å². The molecule has 4 rings (SSSR count). The Kier molecular flexibility index (Phi) is 11.0. The van der Waals surface area contributed by atoms with Crippen molar-refractivity contribution in [1.82, 2.24) is 9.63 Å². The molecule has 18 nitrogen and oxygen atoms in total. The molecule has 0 unspecified atom stereocenters. The van der Waals surface area contributed by atoms with Gasteiger partial charge in [0, 0.05) is 52.8 Å². The van der Waals surface area contributed by atoms with Crippen LogP contribution in [0.25, 0.3) is 10.9 Å².